The van der Waals surface area contributed by atoms with Gasteiger partial charge in [0, 0.05) is 12.6 Å². The molecular weight excluding hydrogens is 258 g/mol. The van der Waals surface area contributed by atoms with Crippen molar-refractivity contribution in [2.24, 2.45) is 0 Å². The molecule has 6 nitrogen and oxygen atoms in total. The molecule has 0 unspecified atom stereocenters. The van der Waals surface area contributed by atoms with Crippen LogP contribution in [0, 0.1) is 6.92 Å². The Morgan fingerprint density at radius 2 is 2.20 bits per heavy atom. The van der Waals surface area contributed by atoms with E-state index >= 15 is 0 Å². The van der Waals surface area contributed by atoms with Crippen LogP contribution >= 0.6 is 0 Å². The molecule has 0 saturated heterocycles. The molecule has 1 aromatic heterocycles. The highest BCUT2D eigenvalue weighted by Gasteiger charge is 2.22. The Morgan fingerprint density at radius 3 is 2.90 bits per heavy atom. The number of ether oxygens (including phenoxy) is 1. The van der Waals surface area contributed by atoms with Crippen LogP contribution in [0.25, 0.3) is 11.3 Å². The molecule has 0 aliphatic carbocycles. The summed E-state index contributed by atoms with van der Waals surface area (Å²) in [5.74, 6) is 1.20. The number of nitrogens with zero attached hydrogens (tertiary/aromatic N) is 2. The van der Waals surface area contributed by atoms with E-state index in [0.717, 1.165) is 5.56 Å². The number of anilines is 2. The summed E-state index contributed by atoms with van der Waals surface area (Å²) in [5, 5.41) is 3.85. The van der Waals surface area contributed by atoms with Crippen molar-refractivity contribution in [3.05, 3.63) is 23.9 Å². The third-order valence-electron chi connectivity index (χ3n) is 3.44. The van der Waals surface area contributed by atoms with Gasteiger partial charge in [0.05, 0.1) is 18.7 Å². The fraction of sp³-hybridized carbons (Fsp3) is 0.286. The van der Waals surface area contributed by atoms with Crippen LogP contribution < -0.4 is 15.4 Å². The maximum Gasteiger partial charge on any atom is 0.230 e. The van der Waals surface area contributed by atoms with Crippen LogP contribution in [0.3, 0.4) is 0 Å². The van der Waals surface area contributed by atoms with Gasteiger partial charge in [-0.1, -0.05) is 5.16 Å². The monoisotopic (exact) mass is 273 g/mol. The van der Waals surface area contributed by atoms with E-state index in [0.29, 0.717) is 41.6 Å². The highest BCUT2D eigenvalue weighted by molar-refractivity contribution is 5.96. The second-order valence-electron chi connectivity index (χ2n) is 4.74. The summed E-state index contributed by atoms with van der Waals surface area (Å²) in [4.78, 5) is 13.5. The smallest absolute Gasteiger partial charge is 0.230 e. The van der Waals surface area contributed by atoms with Crippen molar-refractivity contribution in [1.82, 2.24) is 5.16 Å². The molecule has 3 rings (SSSR count). The number of nitrogens with two attached hydrogens (primary N) is 1. The van der Waals surface area contributed by atoms with E-state index in [2.05, 4.69) is 5.16 Å². The third kappa shape index (κ3) is 1.89. The Bertz CT molecular complexity index is 678. The van der Waals surface area contributed by atoms with Crippen molar-refractivity contribution >= 4 is 17.3 Å². The zero-order chi connectivity index (χ0) is 14.3. The average molecular weight is 273 g/mol. The van der Waals surface area contributed by atoms with E-state index in [-0.39, 0.29) is 5.91 Å². The lowest BCUT2D eigenvalue weighted by Gasteiger charge is -2.16. The van der Waals surface area contributed by atoms with Gasteiger partial charge in [0.1, 0.15) is 17.1 Å². The molecule has 0 saturated carbocycles. The number of carbonyl (C=O) groups is 1. The van der Waals surface area contributed by atoms with Crippen LogP contribution in [-0.2, 0) is 4.79 Å². The molecule has 1 amide bonds. The zero-order valence-electron chi connectivity index (χ0n) is 11.3. The van der Waals surface area contributed by atoms with Crippen molar-refractivity contribution in [3.8, 4) is 17.1 Å². The van der Waals surface area contributed by atoms with E-state index in [1.165, 1.54) is 0 Å². The fourth-order valence-corrected chi connectivity index (χ4v) is 2.18. The van der Waals surface area contributed by atoms with E-state index in [9.17, 15) is 4.79 Å². The number of carbonyl (C=O) groups excluding carboxylic acids is 1. The minimum Gasteiger partial charge on any atom is -0.491 e. The van der Waals surface area contributed by atoms with Crippen LogP contribution in [-0.4, -0.2) is 24.7 Å². The molecule has 104 valence electrons. The summed E-state index contributed by atoms with van der Waals surface area (Å²) in [6, 6.07) is 5.49. The van der Waals surface area contributed by atoms with Crippen molar-refractivity contribution in [3.63, 3.8) is 0 Å². The number of hydrogen-bond donors (Lipinski definition) is 1. The minimum atomic E-state index is 0.0163. The van der Waals surface area contributed by atoms with Gasteiger partial charge in [0.15, 0.2) is 5.76 Å². The first-order valence-corrected chi connectivity index (χ1v) is 6.33. The SMILES string of the molecule is Cc1noc(-c2ccc3c(c2)N(C)C(=O)CCO3)c1N. The van der Waals surface area contributed by atoms with Gasteiger partial charge in [-0.25, -0.2) is 0 Å². The normalized spacial score (nSPS) is 14.7. The van der Waals surface area contributed by atoms with Crippen LogP contribution in [0.2, 0.25) is 0 Å². The van der Waals surface area contributed by atoms with Gasteiger partial charge >= 0.3 is 0 Å². The molecule has 1 aromatic carbocycles. The molecule has 0 atom stereocenters. The van der Waals surface area contributed by atoms with Gasteiger partial charge in [-0.3, -0.25) is 4.79 Å². The predicted octanol–water partition coefficient (Wildman–Crippen LogP) is 1.98. The summed E-state index contributed by atoms with van der Waals surface area (Å²) in [5.41, 5.74) is 8.57. The van der Waals surface area contributed by atoms with Crippen molar-refractivity contribution in [1.29, 1.82) is 0 Å². The van der Waals surface area contributed by atoms with Gasteiger partial charge < -0.3 is 19.9 Å². The van der Waals surface area contributed by atoms with Crippen LogP contribution in [0.4, 0.5) is 11.4 Å². The first-order valence-electron chi connectivity index (χ1n) is 6.33. The van der Waals surface area contributed by atoms with Crippen LogP contribution in [0.15, 0.2) is 22.7 Å². The van der Waals surface area contributed by atoms with Gasteiger partial charge in [-0.15, -0.1) is 0 Å². The molecule has 6 heteroatoms. The molecule has 0 fully saturated rings. The minimum absolute atomic E-state index is 0.0163. The van der Waals surface area contributed by atoms with Crippen molar-refractivity contribution in [2.75, 3.05) is 24.3 Å². The molecule has 2 aromatic rings. The second-order valence-corrected chi connectivity index (χ2v) is 4.74. The standard InChI is InChI=1S/C14H15N3O3/c1-8-13(15)14(20-16-8)9-3-4-11-10(7-9)17(2)12(18)5-6-19-11/h3-4,7H,5-6,15H2,1-2H3. The molecule has 1 aliphatic heterocycles. The Balaban J connectivity index is 2.10. The molecular formula is C14H15N3O3. The van der Waals surface area contributed by atoms with Crippen LogP contribution in [0.1, 0.15) is 12.1 Å². The van der Waals surface area contributed by atoms with Crippen molar-refractivity contribution < 1.29 is 14.1 Å². The third-order valence-corrected chi connectivity index (χ3v) is 3.44. The lowest BCUT2D eigenvalue weighted by molar-refractivity contribution is -0.118. The van der Waals surface area contributed by atoms with E-state index in [4.69, 9.17) is 15.0 Å². The maximum atomic E-state index is 11.9. The highest BCUT2D eigenvalue weighted by atomic mass is 16.5. The Hall–Kier alpha value is -2.50. The summed E-state index contributed by atoms with van der Waals surface area (Å²) in [6.07, 6.45) is 0.365. The van der Waals surface area contributed by atoms with E-state index < -0.39 is 0 Å². The van der Waals surface area contributed by atoms with E-state index in [1.54, 1.807) is 18.9 Å². The summed E-state index contributed by atoms with van der Waals surface area (Å²) < 4.78 is 10.8. The molecule has 0 bridgehead atoms. The van der Waals surface area contributed by atoms with Gasteiger partial charge in [0.25, 0.3) is 0 Å². The number of hydrogen-bond acceptors (Lipinski definition) is 5. The number of fused-ring (bicyclic) bond motifs is 1. The maximum absolute atomic E-state index is 11.9. The Morgan fingerprint density at radius 1 is 1.40 bits per heavy atom. The second kappa shape index (κ2) is 4.56. The lowest BCUT2D eigenvalue weighted by Crippen LogP contribution is -2.25. The molecule has 0 spiro atoms. The summed E-state index contributed by atoms with van der Waals surface area (Å²) in [6.45, 7) is 2.17. The van der Waals surface area contributed by atoms with Gasteiger partial charge in [-0.05, 0) is 25.1 Å². The number of rotatable bonds is 1. The molecule has 20 heavy (non-hydrogen) atoms. The van der Waals surface area contributed by atoms with E-state index in [1.807, 2.05) is 18.2 Å². The summed E-state index contributed by atoms with van der Waals surface area (Å²) in [7, 11) is 1.73. The number of aromatic nitrogens is 1. The quantitative estimate of drug-likeness (QED) is 0.859. The Kier molecular flexibility index (Phi) is 2.85. The molecule has 2 N–H and O–H groups in total. The molecule has 1 aliphatic rings. The predicted molar refractivity (Wildman–Crippen MR) is 74.6 cm³/mol. The van der Waals surface area contributed by atoms with Crippen LogP contribution in [0.5, 0.6) is 5.75 Å². The summed E-state index contributed by atoms with van der Waals surface area (Å²) >= 11 is 0. The number of benzene rings is 1. The largest absolute Gasteiger partial charge is 0.491 e. The average Bonchev–Trinajstić information content (AvgIpc) is 2.70. The van der Waals surface area contributed by atoms with Gasteiger partial charge in [0.2, 0.25) is 5.91 Å². The highest BCUT2D eigenvalue weighted by Crippen LogP contribution is 2.37. The lowest BCUT2D eigenvalue weighted by atomic mass is 10.1. The Labute approximate surface area is 116 Å². The zero-order valence-corrected chi connectivity index (χ0v) is 11.3. The topological polar surface area (TPSA) is 81.6 Å². The number of amides is 1. The van der Waals surface area contributed by atoms with Crippen molar-refractivity contribution in [2.45, 2.75) is 13.3 Å². The van der Waals surface area contributed by atoms with Gasteiger partial charge in [-0.2, -0.15) is 0 Å². The fourth-order valence-electron chi connectivity index (χ4n) is 2.18. The molecule has 0 radical (unpaired) electrons. The number of aryl methyl sites for hydroxylation is 1. The first-order chi connectivity index (χ1) is 9.58. The molecule has 2 heterocycles. The number of nitrogen functional groups attached to an aromatic ring is 1. The first kappa shape index (κ1) is 12.5.